The van der Waals surface area contributed by atoms with Crippen LogP contribution in [0.15, 0.2) is 28.7 Å². The summed E-state index contributed by atoms with van der Waals surface area (Å²) < 4.78 is 0.937. The van der Waals surface area contributed by atoms with E-state index in [9.17, 15) is 9.90 Å². The molecule has 0 bridgehead atoms. The molecule has 1 aromatic carbocycles. The van der Waals surface area contributed by atoms with E-state index in [1.165, 1.54) is 0 Å². The molecule has 3 N–H and O–H groups in total. The van der Waals surface area contributed by atoms with E-state index in [4.69, 9.17) is 5.73 Å². The van der Waals surface area contributed by atoms with Crippen molar-refractivity contribution in [2.45, 2.75) is 18.9 Å². The van der Waals surface area contributed by atoms with Crippen LogP contribution >= 0.6 is 15.9 Å². The minimum atomic E-state index is -0.410. The standard InChI is InChI=1S/C14H19BrN2O2/c15-12-5-1-4-11(7-12)13(14(16)19)17-6-2-3-10(8-17)9-18/h1,4-5,7,10,13,18H,2-3,6,8-9H2,(H2,16,19). The molecule has 2 unspecified atom stereocenters. The normalized spacial score (nSPS) is 22.1. The number of hydrogen-bond acceptors (Lipinski definition) is 3. The Labute approximate surface area is 121 Å². The van der Waals surface area contributed by atoms with Gasteiger partial charge in [-0.05, 0) is 43.0 Å². The van der Waals surface area contributed by atoms with Gasteiger partial charge in [0, 0.05) is 17.6 Å². The highest BCUT2D eigenvalue weighted by molar-refractivity contribution is 9.10. The Morgan fingerprint density at radius 1 is 1.58 bits per heavy atom. The van der Waals surface area contributed by atoms with E-state index < -0.39 is 6.04 Å². The maximum absolute atomic E-state index is 11.8. The maximum Gasteiger partial charge on any atom is 0.239 e. The van der Waals surface area contributed by atoms with Crippen LogP contribution in [0.5, 0.6) is 0 Å². The number of likely N-dealkylation sites (tertiary alicyclic amines) is 1. The number of rotatable bonds is 4. The van der Waals surface area contributed by atoms with Gasteiger partial charge in [-0.2, -0.15) is 0 Å². The van der Waals surface area contributed by atoms with Crippen LogP contribution in [0, 0.1) is 5.92 Å². The van der Waals surface area contributed by atoms with Crippen LogP contribution in [-0.4, -0.2) is 35.6 Å². The first kappa shape index (κ1) is 14.5. The number of nitrogens with two attached hydrogens (primary N) is 1. The molecule has 2 rings (SSSR count). The highest BCUT2D eigenvalue weighted by atomic mass is 79.9. The Morgan fingerprint density at radius 3 is 3.00 bits per heavy atom. The fraction of sp³-hybridized carbons (Fsp3) is 0.500. The Hall–Kier alpha value is -0.910. The minimum Gasteiger partial charge on any atom is -0.396 e. The molecule has 5 heteroatoms. The van der Waals surface area contributed by atoms with Gasteiger partial charge in [-0.25, -0.2) is 0 Å². The average molecular weight is 327 g/mol. The van der Waals surface area contributed by atoms with Gasteiger partial charge in [-0.1, -0.05) is 28.1 Å². The fourth-order valence-electron chi connectivity index (χ4n) is 2.71. The molecule has 1 amide bonds. The number of primary amides is 1. The molecule has 1 aliphatic heterocycles. The van der Waals surface area contributed by atoms with Crippen LogP contribution in [0.25, 0.3) is 0 Å². The van der Waals surface area contributed by atoms with Crippen molar-refractivity contribution in [2.75, 3.05) is 19.7 Å². The van der Waals surface area contributed by atoms with E-state index in [0.29, 0.717) is 0 Å². The van der Waals surface area contributed by atoms with Crippen LogP contribution in [-0.2, 0) is 4.79 Å². The molecule has 0 radical (unpaired) electrons. The van der Waals surface area contributed by atoms with Crippen molar-refractivity contribution in [1.82, 2.24) is 4.90 Å². The summed E-state index contributed by atoms with van der Waals surface area (Å²) in [5.74, 6) is -0.0977. The number of carbonyl (C=O) groups is 1. The van der Waals surface area contributed by atoms with Crippen molar-refractivity contribution >= 4 is 21.8 Å². The molecule has 1 aromatic rings. The molecular weight excluding hydrogens is 308 g/mol. The van der Waals surface area contributed by atoms with Crippen molar-refractivity contribution in [2.24, 2.45) is 11.7 Å². The Kier molecular flexibility index (Phi) is 4.96. The molecule has 0 aliphatic carbocycles. The zero-order chi connectivity index (χ0) is 13.8. The molecule has 0 spiro atoms. The number of piperidine rings is 1. The first-order chi connectivity index (χ1) is 9.11. The maximum atomic E-state index is 11.8. The number of hydrogen-bond donors (Lipinski definition) is 2. The Balaban J connectivity index is 2.22. The topological polar surface area (TPSA) is 66.6 Å². The van der Waals surface area contributed by atoms with Crippen LogP contribution in [0.2, 0.25) is 0 Å². The number of halogens is 1. The SMILES string of the molecule is NC(=O)C(c1cccc(Br)c1)N1CCCC(CO)C1. The number of benzene rings is 1. The monoisotopic (exact) mass is 326 g/mol. The van der Waals surface area contributed by atoms with Crippen molar-refractivity contribution in [1.29, 1.82) is 0 Å². The smallest absolute Gasteiger partial charge is 0.239 e. The number of carbonyl (C=O) groups excluding carboxylic acids is 1. The highest BCUT2D eigenvalue weighted by Gasteiger charge is 2.30. The van der Waals surface area contributed by atoms with Gasteiger partial charge in [0.25, 0.3) is 0 Å². The quantitative estimate of drug-likeness (QED) is 0.884. The van der Waals surface area contributed by atoms with Gasteiger partial charge in [0.2, 0.25) is 5.91 Å². The minimum absolute atomic E-state index is 0.167. The lowest BCUT2D eigenvalue weighted by atomic mass is 9.95. The van der Waals surface area contributed by atoms with Crippen LogP contribution in [0.1, 0.15) is 24.4 Å². The molecule has 0 saturated carbocycles. The highest BCUT2D eigenvalue weighted by Crippen LogP contribution is 2.28. The van der Waals surface area contributed by atoms with E-state index in [1.54, 1.807) is 0 Å². The second-order valence-electron chi connectivity index (χ2n) is 5.05. The predicted octanol–water partition coefficient (Wildman–Crippen LogP) is 1.68. The number of aliphatic hydroxyl groups excluding tert-OH is 1. The van der Waals surface area contributed by atoms with E-state index in [1.807, 2.05) is 24.3 Å². The molecule has 2 atom stereocenters. The molecular formula is C14H19BrN2O2. The Morgan fingerprint density at radius 2 is 2.37 bits per heavy atom. The summed E-state index contributed by atoms with van der Waals surface area (Å²) in [5, 5.41) is 9.29. The van der Waals surface area contributed by atoms with Crippen LogP contribution in [0.4, 0.5) is 0 Å². The van der Waals surface area contributed by atoms with Gasteiger partial charge in [-0.3, -0.25) is 9.69 Å². The molecule has 1 heterocycles. The third kappa shape index (κ3) is 3.55. The summed E-state index contributed by atoms with van der Waals surface area (Å²) in [6.07, 6.45) is 2.00. The summed E-state index contributed by atoms with van der Waals surface area (Å²) in [6.45, 7) is 1.73. The van der Waals surface area contributed by atoms with Crippen molar-refractivity contribution in [3.8, 4) is 0 Å². The second kappa shape index (κ2) is 6.50. The lowest BCUT2D eigenvalue weighted by molar-refractivity contribution is -0.124. The number of amides is 1. The molecule has 1 fully saturated rings. The summed E-state index contributed by atoms with van der Waals surface area (Å²) >= 11 is 3.42. The Bertz CT molecular complexity index is 453. The molecule has 1 aliphatic rings. The van der Waals surface area contributed by atoms with E-state index in [0.717, 1.165) is 36.0 Å². The van der Waals surface area contributed by atoms with Gasteiger partial charge in [0.15, 0.2) is 0 Å². The third-order valence-corrected chi connectivity index (χ3v) is 4.10. The lowest BCUT2D eigenvalue weighted by Crippen LogP contribution is -2.44. The predicted molar refractivity (Wildman–Crippen MR) is 77.5 cm³/mol. The van der Waals surface area contributed by atoms with Crippen molar-refractivity contribution in [3.05, 3.63) is 34.3 Å². The zero-order valence-electron chi connectivity index (χ0n) is 10.8. The van der Waals surface area contributed by atoms with E-state index in [-0.39, 0.29) is 18.4 Å². The molecule has 0 aromatic heterocycles. The van der Waals surface area contributed by atoms with Gasteiger partial charge < -0.3 is 10.8 Å². The third-order valence-electron chi connectivity index (χ3n) is 3.61. The molecule has 1 saturated heterocycles. The molecule has 19 heavy (non-hydrogen) atoms. The average Bonchev–Trinajstić information content (AvgIpc) is 2.39. The van der Waals surface area contributed by atoms with Gasteiger partial charge in [0.05, 0.1) is 0 Å². The largest absolute Gasteiger partial charge is 0.396 e. The summed E-state index contributed by atoms with van der Waals surface area (Å²) in [6, 6.07) is 7.27. The summed E-state index contributed by atoms with van der Waals surface area (Å²) in [4.78, 5) is 13.9. The van der Waals surface area contributed by atoms with Crippen molar-refractivity contribution < 1.29 is 9.90 Å². The van der Waals surface area contributed by atoms with E-state index >= 15 is 0 Å². The number of nitrogens with zero attached hydrogens (tertiary/aromatic N) is 1. The molecule has 4 nitrogen and oxygen atoms in total. The first-order valence-corrected chi connectivity index (χ1v) is 7.31. The summed E-state index contributed by atoms with van der Waals surface area (Å²) in [7, 11) is 0. The summed E-state index contributed by atoms with van der Waals surface area (Å²) in [5.41, 5.74) is 6.48. The van der Waals surface area contributed by atoms with Gasteiger partial charge in [-0.15, -0.1) is 0 Å². The van der Waals surface area contributed by atoms with Crippen LogP contribution in [0.3, 0.4) is 0 Å². The first-order valence-electron chi connectivity index (χ1n) is 6.51. The lowest BCUT2D eigenvalue weighted by Gasteiger charge is -2.36. The van der Waals surface area contributed by atoms with Gasteiger partial charge >= 0.3 is 0 Å². The van der Waals surface area contributed by atoms with Crippen molar-refractivity contribution in [3.63, 3.8) is 0 Å². The molecule has 104 valence electrons. The fourth-order valence-corrected chi connectivity index (χ4v) is 3.13. The second-order valence-corrected chi connectivity index (χ2v) is 5.96. The van der Waals surface area contributed by atoms with Gasteiger partial charge in [0.1, 0.15) is 6.04 Å². The zero-order valence-corrected chi connectivity index (χ0v) is 12.3. The van der Waals surface area contributed by atoms with E-state index in [2.05, 4.69) is 20.8 Å². The van der Waals surface area contributed by atoms with Crippen LogP contribution < -0.4 is 5.73 Å². The number of aliphatic hydroxyl groups is 1.